The number of methoxy groups -OCH3 is 1. The summed E-state index contributed by atoms with van der Waals surface area (Å²) in [7, 11) is 1.25. The lowest BCUT2D eigenvalue weighted by Crippen LogP contribution is -2.16. The highest BCUT2D eigenvalue weighted by molar-refractivity contribution is 5.73. The molecule has 0 aliphatic carbocycles. The molecular weight excluding hydrogens is 190 g/mol. The van der Waals surface area contributed by atoms with Gasteiger partial charge in [0.25, 0.3) is 0 Å². The fourth-order valence-electron chi connectivity index (χ4n) is 0.924. The maximum Gasteiger partial charge on any atom is 0.381 e. The number of carbonyl (C=O) groups excluding carboxylic acids is 1. The number of aromatic nitrogens is 2. The van der Waals surface area contributed by atoms with Gasteiger partial charge in [0.05, 0.1) is 7.11 Å². The normalized spacial score (nSPS) is 12.1. The Balaban J connectivity index is 2.86. The Labute approximate surface area is 79.5 Å². The standard InChI is InChI=1S/C7H9N3O4/c1-5(7(11)14-2)9-3-6(8-4-9)10(12)13/h3-5H,1-2H3/t5-/m1/s1. The molecule has 0 fully saturated rings. The number of imidazole rings is 1. The van der Waals surface area contributed by atoms with Crippen molar-refractivity contribution in [3.05, 3.63) is 22.6 Å². The zero-order chi connectivity index (χ0) is 10.7. The molecule has 1 atom stereocenters. The molecule has 0 bridgehead atoms. The number of rotatable bonds is 3. The third kappa shape index (κ3) is 1.87. The minimum Gasteiger partial charge on any atom is -0.467 e. The number of hydrogen-bond acceptors (Lipinski definition) is 5. The van der Waals surface area contributed by atoms with E-state index in [9.17, 15) is 14.9 Å². The van der Waals surface area contributed by atoms with Crippen molar-refractivity contribution in [2.24, 2.45) is 0 Å². The van der Waals surface area contributed by atoms with E-state index < -0.39 is 16.9 Å². The highest BCUT2D eigenvalue weighted by atomic mass is 16.6. The molecule has 0 N–H and O–H groups in total. The van der Waals surface area contributed by atoms with Gasteiger partial charge >= 0.3 is 11.8 Å². The summed E-state index contributed by atoms with van der Waals surface area (Å²) in [5, 5.41) is 10.3. The fourth-order valence-corrected chi connectivity index (χ4v) is 0.924. The van der Waals surface area contributed by atoms with Crippen molar-refractivity contribution < 1.29 is 14.5 Å². The van der Waals surface area contributed by atoms with Gasteiger partial charge in [-0.2, -0.15) is 0 Å². The van der Waals surface area contributed by atoms with Crippen molar-refractivity contribution in [2.75, 3.05) is 7.11 Å². The Morgan fingerprint density at radius 2 is 2.43 bits per heavy atom. The van der Waals surface area contributed by atoms with Crippen LogP contribution in [-0.2, 0) is 9.53 Å². The number of esters is 1. The Morgan fingerprint density at radius 1 is 1.79 bits per heavy atom. The molecule has 1 heterocycles. The lowest BCUT2D eigenvalue weighted by molar-refractivity contribution is -0.389. The van der Waals surface area contributed by atoms with Crippen LogP contribution >= 0.6 is 0 Å². The lowest BCUT2D eigenvalue weighted by Gasteiger charge is -2.07. The van der Waals surface area contributed by atoms with Crippen LogP contribution in [0.2, 0.25) is 0 Å². The van der Waals surface area contributed by atoms with Gasteiger partial charge in [0.1, 0.15) is 12.2 Å². The molecule has 0 aromatic carbocycles. The van der Waals surface area contributed by atoms with E-state index in [1.54, 1.807) is 6.92 Å². The van der Waals surface area contributed by atoms with E-state index in [0.717, 1.165) is 0 Å². The zero-order valence-electron chi connectivity index (χ0n) is 7.71. The minimum absolute atomic E-state index is 0.291. The summed E-state index contributed by atoms with van der Waals surface area (Å²) in [6.45, 7) is 1.57. The van der Waals surface area contributed by atoms with Crippen molar-refractivity contribution >= 4 is 11.8 Å². The molecule has 0 unspecified atom stereocenters. The summed E-state index contributed by atoms with van der Waals surface area (Å²) < 4.78 is 5.80. The van der Waals surface area contributed by atoms with E-state index in [4.69, 9.17) is 0 Å². The highest BCUT2D eigenvalue weighted by Gasteiger charge is 2.19. The molecule has 0 spiro atoms. The maximum atomic E-state index is 11.1. The molecule has 0 saturated heterocycles. The van der Waals surface area contributed by atoms with Crippen molar-refractivity contribution in [3.8, 4) is 0 Å². The Kier molecular flexibility index (Phi) is 2.80. The van der Waals surface area contributed by atoms with E-state index in [2.05, 4.69) is 9.72 Å². The van der Waals surface area contributed by atoms with Gasteiger partial charge in [-0.15, -0.1) is 0 Å². The Bertz CT molecular complexity index is 360. The van der Waals surface area contributed by atoms with Crippen LogP contribution in [0.1, 0.15) is 13.0 Å². The topological polar surface area (TPSA) is 87.3 Å². The van der Waals surface area contributed by atoms with Gasteiger partial charge in [-0.05, 0) is 16.8 Å². The van der Waals surface area contributed by atoms with E-state index in [-0.39, 0.29) is 5.82 Å². The zero-order valence-corrected chi connectivity index (χ0v) is 7.71. The third-order valence-corrected chi connectivity index (χ3v) is 1.76. The van der Waals surface area contributed by atoms with E-state index in [1.807, 2.05) is 0 Å². The van der Waals surface area contributed by atoms with Crippen molar-refractivity contribution in [1.82, 2.24) is 9.55 Å². The van der Waals surface area contributed by atoms with Crippen LogP contribution in [0.25, 0.3) is 0 Å². The average Bonchev–Trinajstić information content (AvgIpc) is 2.64. The van der Waals surface area contributed by atoms with Crippen molar-refractivity contribution in [2.45, 2.75) is 13.0 Å². The second kappa shape index (κ2) is 3.86. The average molecular weight is 199 g/mol. The van der Waals surface area contributed by atoms with Gasteiger partial charge in [0, 0.05) is 0 Å². The molecule has 14 heavy (non-hydrogen) atoms. The first kappa shape index (κ1) is 10.2. The number of nitrogens with zero attached hydrogens (tertiary/aromatic N) is 3. The SMILES string of the molecule is COC(=O)[C@@H](C)n1cnc([N+](=O)[O-])c1. The third-order valence-electron chi connectivity index (χ3n) is 1.76. The molecule has 0 radical (unpaired) electrons. The first-order valence-corrected chi connectivity index (χ1v) is 3.82. The van der Waals surface area contributed by atoms with Crippen LogP contribution in [0.15, 0.2) is 12.5 Å². The molecule has 7 nitrogen and oxygen atoms in total. The predicted octanol–water partition coefficient (Wildman–Crippen LogP) is 0.525. The molecule has 1 aromatic heterocycles. The van der Waals surface area contributed by atoms with Crippen LogP contribution in [-0.4, -0.2) is 27.6 Å². The lowest BCUT2D eigenvalue weighted by atomic mass is 10.3. The molecular formula is C7H9N3O4. The summed E-state index contributed by atoms with van der Waals surface area (Å²) in [4.78, 5) is 24.2. The summed E-state index contributed by atoms with van der Waals surface area (Å²) >= 11 is 0. The fraction of sp³-hybridized carbons (Fsp3) is 0.429. The first-order chi connectivity index (χ1) is 6.56. The molecule has 1 rings (SSSR count). The van der Waals surface area contributed by atoms with E-state index >= 15 is 0 Å². The van der Waals surface area contributed by atoms with E-state index in [0.29, 0.717) is 0 Å². The number of ether oxygens (including phenoxy) is 1. The Morgan fingerprint density at radius 3 is 2.86 bits per heavy atom. The summed E-state index contributed by atoms with van der Waals surface area (Å²) in [6, 6.07) is -0.610. The first-order valence-electron chi connectivity index (χ1n) is 3.82. The summed E-state index contributed by atoms with van der Waals surface area (Å²) in [5.74, 6) is -0.766. The molecule has 1 aromatic rings. The molecule has 0 aliphatic heterocycles. The predicted molar refractivity (Wildman–Crippen MR) is 45.6 cm³/mol. The van der Waals surface area contributed by atoms with E-state index in [1.165, 1.54) is 24.2 Å². The smallest absolute Gasteiger partial charge is 0.381 e. The van der Waals surface area contributed by atoms with Gasteiger partial charge < -0.3 is 14.9 Å². The monoisotopic (exact) mass is 199 g/mol. The number of nitro groups is 1. The number of hydrogen-bond donors (Lipinski definition) is 0. The highest BCUT2D eigenvalue weighted by Crippen LogP contribution is 2.12. The van der Waals surface area contributed by atoms with Gasteiger partial charge in [-0.1, -0.05) is 0 Å². The van der Waals surface area contributed by atoms with Crippen LogP contribution in [0.3, 0.4) is 0 Å². The minimum atomic E-state index is -0.625. The Hall–Kier alpha value is -1.92. The van der Waals surface area contributed by atoms with Gasteiger partial charge in [0.2, 0.25) is 6.33 Å². The van der Waals surface area contributed by atoms with Crippen molar-refractivity contribution in [3.63, 3.8) is 0 Å². The molecule has 0 saturated carbocycles. The summed E-state index contributed by atoms with van der Waals surface area (Å²) in [5.41, 5.74) is 0. The molecule has 76 valence electrons. The van der Waals surface area contributed by atoms with Crippen molar-refractivity contribution in [1.29, 1.82) is 0 Å². The summed E-state index contributed by atoms with van der Waals surface area (Å²) in [6.07, 6.45) is 2.40. The molecule has 0 aliphatic rings. The largest absolute Gasteiger partial charge is 0.467 e. The number of carbonyl (C=O) groups is 1. The second-order valence-corrected chi connectivity index (χ2v) is 2.64. The quantitative estimate of drug-likeness (QED) is 0.402. The van der Waals surface area contributed by atoms with Crippen LogP contribution < -0.4 is 0 Å². The van der Waals surface area contributed by atoms with Gasteiger partial charge in [0.15, 0.2) is 0 Å². The molecule has 7 heteroatoms. The van der Waals surface area contributed by atoms with Gasteiger partial charge in [-0.3, -0.25) is 4.57 Å². The van der Waals surface area contributed by atoms with Crippen LogP contribution in [0.4, 0.5) is 5.82 Å². The molecule has 0 amide bonds. The van der Waals surface area contributed by atoms with Crippen LogP contribution in [0, 0.1) is 10.1 Å². The van der Waals surface area contributed by atoms with Crippen LogP contribution in [0.5, 0.6) is 0 Å². The van der Waals surface area contributed by atoms with Gasteiger partial charge in [-0.25, -0.2) is 4.79 Å². The second-order valence-electron chi connectivity index (χ2n) is 2.64. The maximum absolute atomic E-state index is 11.1.